The third kappa shape index (κ3) is 7.12. The number of hydrogen-bond donors (Lipinski definition) is 2. The molecule has 0 fully saturated rings. The van der Waals surface area contributed by atoms with Crippen molar-refractivity contribution in [1.29, 1.82) is 0 Å². The van der Waals surface area contributed by atoms with Crippen LogP contribution in [0, 0.1) is 0 Å². The Morgan fingerprint density at radius 3 is 2.63 bits per heavy atom. The Morgan fingerprint density at radius 1 is 1.19 bits per heavy atom. The van der Waals surface area contributed by atoms with E-state index in [1.165, 1.54) is 0 Å². The van der Waals surface area contributed by atoms with Gasteiger partial charge < -0.3 is 10.6 Å². The van der Waals surface area contributed by atoms with Crippen LogP contribution >= 0.6 is 11.6 Å². The Hall–Kier alpha value is -2.85. The van der Waals surface area contributed by atoms with Gasteiger partial charge in [-0.15, -0.1) is 0 Å². The van der Waals surface area contributed by atoms with Gasteiger partial charge in [-0.1, -0.05) is 41.4 Å². The summed E-state index contributed by atoms with van der Waals surface area (Å²) in [6, 6.07) is 13.0. The number of nitrogens with zero attached hydrogens (tertiary/aromatic N) is 1. The second kappa shape index (κ2) is 11.0. The van der Waals surface area contributed by atoms with Crippen molar-refractivity contribution in [3.63, 3.8) is 0 Å². The summed E-state index contributed by atoms with van der Waals surface area (Å²) in [6.45, 7) is 4.53. The highest BCUT2D eigenvalue weighted by Crippen LogP contribution is 2.23. The summed E-state index contributed by atoms with van der Waals surface area (Å²) in [7, 11) is 0. The van der Waals surface area contributed by atoms with Crippen LogP contribution in [0.5, 0.6) is 0 Å². The second-order valence-corrected chi connectivity index (χ2v) is 6.41. The van der Waals surface area contributed by atoms with E-state index < -0.39 is 0 Å². The van der Waals surface area contributed by atoms with E-state index in [1.807, 2.05) is 62.7 Å². The fourth-order valence-electron chi connectivity index (χ4n) is 2.38. The van der Waals surface area contributed by atoms with Crippen LogP contribution in [-0.2, 0) is 4.79 Å². The van der Waals surface area contributed by atoms with Crippen molar-refractivity contribution in [2.24, 2.45) is 0 Å². The molecule has 0 aliphatic heterocycles. The van der Waals surface area contributed by atoms with Gasteiger partial charge in [0.05, 0.1) is 5.69 Å². The largest absolute Gasteiger partial charge is 0.368 e. The Balaban J connectivity index is 2.09. The molecule has 1 amide bonds. The molecular formula is C22H24ClN3O. The average molecular weight is 382 g/mol. The van der Waals surface area contributed by atoms with E-state index in [-0.39, 0.29) is 5.91 Å². The highest BCUT2D eigenvalue weighted by Gasteiger charge is 2.09. The van der Waals surface area contributed by atoms with Crippen LogP contribution in [0.2, 0.25) is 5.02 Å². The van der Waals surface area contributed by atoms with E-state index in [9.17, 15) is 4.79 Å². The molecule has 1 aromatic heterocycles. The third-order valence-electron chi connectivity index (χ3n) is 3.78. The fraction of sp³-hybridized carbons (Fsp3) is 0.182. The molecule has 0 saturated heterocycles. The second-order valence-electron chi connectivity index (χ2n) is 5.98. The van der Waals surface area contributed by atoms with Crippen LogP contribution in [0.1, 0.15) is 31.5 Å². The van der Waals surface area contributed by atoms with Crippen LogP contribution in [0.15, 0.2) is 78.8 Å². The van der Waals surface area contributed by atoms with Gasteiger partial charge in [-0.2, -0.15) is 0 Å². The smallest absolute Gasteiger partial charge is 0.244 e. The minimum Gasteiger partial charge on any atom is -0.368 e. The van der Waals surface area contributed by atoms with Crippen molar-refractivity contribution >= 4 is 23.1 Å². The summed E-state index contributed by atoms with van der Waals surface area (Å²) >= 11 is 5.98. The van der Waals surface area contributed by atoms with E-state index in [4.69, 9.17) is 11.6 Å². The topological polar surface area (TPSA) is 54.0 Å². The van der Waals surface area contributed by atoms with Gasteiger partial charge in [0.1, 0.15) is 0 Å². The minimum atomic E-state index is -0.153. The van der Waals surface area contributed by atoms with Gasteiger partial charge >= 0.3 is 0 Å². The molecule has 0 atom stereocenters. The number of carbonyl (C=O) groups excluding carboxylic acids is 1. The fourth-order valence-corrected chi connectivity index (χ4v) is 2.51. The molecule has 2 N–H and O–H groups in total. The average Bonchev–Trinajstić information content (AvgIpc) is 2.68. The quantitative estimate of drug-likeness (QED) is 0.651. The van der Waals surface area contributed by atoms with Crippen LogP contribution in [0.4, 0.5) is 0 Å². The molecule has 5 heteroatoms. The lowest BCUT2D eigenvalue weighted by Gasteiger charge is -2.09. The van der Waals surface area contributed by atoms with E-state index in [0.717, 1.165) is 28.8 Å². The predicted molar refractivity (Wildman–Crippen MR) is 112 cm³/mol. The van der Waals surface area contributed by atoms with Gasteiger partial charge in [0.2, 0.25) is 5.91 Å². The van der Waals surface area contributed by atoms with Crippen LogP contribution in [-0.4, -0.2) is 17.4 Å². The van der Waals surface area contributed by atoms with E-state index in [0.29, 0.717) is 11.6 Å². The normalized spacial score (nSPS) is 12.3. The summed E-state index contributed by atoms with van der Waals surface area (Å²) in [5.41, 5.74) is 3.54. The SMILES string of the molecule is CC=CN/C=C(\C)CCNC(=O)/C=C(\c1ccc(Cl)cc1)c1ccccn1. The van der Waals surface area contributed by atoms with Crippen LogP contribution < -0.4 is 10.6 Å². The summed E-state index contributed by atoms with van der Waals surface area (Å²) in [4.78, 5) is 16.8. The number of nitrogens with one attached hydrogen (secondary N) is 2. The molecule has 0 bridgehead atoms. The number of hydrogen-bond acceptors (Lipinski definition) is 3. The first-order chi connectivity index (χ1) is 13.1. The van der Waals surface area contributed by atoms with Crippen LogP contribution in [0.25, 0.3) is 5.57 Å². The Kier molecular flexibility index (Phi) is 8.33. The van der Waals surface area contributed by atoms with Gasteiger partial charge in [0.15, 0.2) is 0 Å². The van der Waals surface area contributed by atoms with Crippen molar-refractivity contribution in [3.05, 3.63) is 95.1 Å². The molecule has 0 aliphatic rings. The molecule has 0 radical (unpaired) electrons. The number of pyridine rings is 1. The van der Waals surface area contributed by atoms with Gasteiger partial charge in [0.25, 0.3) is 0 Å². The summed E-state index contributed by atoms with van der Waals surface area (Å²) in [5.74, 6) is -0.153. The Labute approximate surface area is 165 Å². The zero-order valence-corrected chi connectivity index (χ0v) is 16.3. The zero-order chi connectivity index (χ0) is 19.5. The maximum absolute atomic E-state index is 12.4. The van der Waals surface area contributed by atoms with E-state index in [2.05, 4.69) is 15.6 Å². The number of carbonyl (C=O) groups is 1. The highest BCUT2D eigenvalue weighted by molar-refractivity contribution is 6.30. The lowest BCUT2D eigenvalue weighted by Crippen LogP contribution is -2.23. The number of amides is 1. The molecule has 0 aliphatic carbocycles. The van der Waals surface area contributed by atoms with Gasteiger partial charge in [-0.05, 0) is 62.5 Å². The monoisotopic (exact) mass is 381 g/mol. The lowest BCUT2D eigenvalue weighted by molar-refractivity contribution is -0.116. The lowest BCUT2D eigenvalue weighted by atomic mass is 10.0. The molecule has 0 unspecified atom stereocenters. The Bertz CT molecular complexity index is 824. The predicted octanol–water partition coefficient (Wildman–Crippen LogP) is 4.70. The van der Waals surface area contributed by atoms with Crippen molar-refractivity contribution in [1.82, 2.24) is 15.6 Å². The first-order valence-electron chi connectivity index (χ1n) is 8.80. The molecule has 140 valence electrons. The number of rotatable bonds is 8. The first kappa shape index (κ1) is 20.5. The molecule has 1 aromatic carbocycles. The van der Waals surface area contributed by atoms with E-state index in [1.54, 1.807) is 24.4 Å². The molecular weight excluding hydrogens is 358 g/mol. The van der Waals surface area contributed by atoms with E-state index >= 15 is 0 Å². The summed E-state index contributed by atoms with van der Waals surface area (Å²) in [6.07, 6.45) is 9.77. The van der Waals surface area contributed by atoms with Crippen molar-refractivity contribution in [3.8, 4) is 0 Å². The summed E-state index contributed by atoms with van der Waals surface area (Å²) < 4.78 is 0. The minimum absolute atomic E-state index is 0.153. The van der Waals surface area contributed by atoms with Crippen LogP contribution in [0.3, 0.4) is 0 Å². The number of aromatic nitrogens is 1. The number of benzene rings is 1. The van der Waals surface area contributed by atoms with Crippen molar-refractivity contribution < 1.29 is 4.79 Å². The zero-order valence-electron chi connectivity index (χ0n) is 15.6. The molecule has 2 rings (SSSR count). The molecule has 1 heterocycles. The molecule has 0 saturated carbocycles. The van der Waals surface area contributed by atoms with Gasteiger partial charge in [-0.3, -0.25) is 9.78 Å². The van der Waals surface area contributed by atoms with Crippen molar-refractivity contribution in [2.45, 2.75) is 20.3 Å². The number of halogens is 1. The van der Waals surface area contributed by atoms with Gasteiger partial charge in [-0.25, -0.2) is 0 Å². The Morgan fingerprint density at radius 2 is 1.96 bits per heavy atom. The first-order valence-corrected chi connectivity index (χ1v) is 9.17. The summed E-state index contributed by atoms with van der Waals surface area (Å²) in [5, 5.41) is 6.65. The maximum Gasteiger partial charge on any atom is 0.244 e. The van der Waals surface area contributed by atoms with Gasteiger partial charge in [0, 0.05) is 29.4 Å². The molecule has 0 spiro atoms. The molecule has 2 aromatic rings. The molecule has 27 heavy (non-hydrogen) atoms. The molecule has 4 nitrogen and oxygen atoms in total. The standard InChI is InChI=1S/C22H24ClN3O/c1-3-12-24-16-17(2)11-14-26-22(27)15-20(21-6-4-5-13-25-21)18-7-9-19(23)10-8-18/h3-10,12-13,15-16,24H,11,14H2,1-2H3,(H,26,27)/b12-3?,17-16+,20-15+. The third-order valence-corrected chi connectivity index (χ3v) is 4.03. The van der Waals surface area contributed by atoms with Crippen molar-refractivity contribution in [2.75, 3.05) is 6.54 Å². The maximum atomic E-state index is 12.4. The highest BCUT2D eigenvalue weighted by atomic mass is 35.5. The number of allylic oxidation sites excluding steroid dienone is 1.